The fourth-order valence-corrected chi connectivity index (χ4v) is 3.25. The number of fused-ring (bicyclic) bond motifs is 2. The van der Waals surface area contributed by atoms with E-state index in [0.29, 0.717) is 0 Å². The Bertz CT molecular complexity index is 909. The van der Waals surface area contributed by atoms with Crippen LogP contribution >= 0.6 is 11.3 Å². The molecule has 104 valence electrons. The summed E-state index contributed by atoms with van der Waals surface area (Å²) in [5.41, 5.74) is 4.39. The monoisotopic (exact) mass is 294 g/mol. The number of H-pyrrole nitrogens is 1. The third kappa shape index (κ3) is 2.25. The molecule has 1 aromatic carbocycles. The molecular formula is C16H14N4S. The maximum Gasteiger partial charge on any atom is 0.0809 e. The van der Waals surface area contributed by atoms with Crippen molar-refractivity contribution < 1.29 is 0 Å². The molecule has 0 aliphatic rings. The highest BCUT2D eigenvalue weighted by atomic mass is 32.1. The average molecular weight is 294 g/mol. The van der Waals surface area contributed by atoms with Crippen molar-refractivity contribution in [2.24, 2.45) is 0 Å². The summed E-state index contributed by atoms with van der Waals surface area (Å²) in [5.74, 6) is 0. The lowest BCUT2D eigenvalue weighted by atomic mass is 10.1. The number of hydrogen-bond acceptors (Lipinski definition) is 4. The Morgan fingerprint density at radius 2 is 2.14 bits per heavy atom. The number of anilines is 1. The summed E-state index contributed by atoms with van der Waals surface area (Å²) in [6.07, 6.45) is 3.79. The highest BCUT2D eigenvalue weighted by Crippen LogP contribution is 2.26. The van der Waals surface area contributed by atoms with Gasteiger partial charge in [-0.3, -0.25) is 10.1 Å². The van der Waals surface area contributed by atoms with Crippen LogP contribution in [0.4, 0.5) is 5.69 Å². The van der Waals surface area contributed by atoms with Crippen LogP contribution in [0, 0.1) is 0 Å². The molecule has 4 aromatic rings. The summed E-state index contributed by atoms with van der Waals surface area (Å²) in [6, 6.07) is 10.7. The van der Waals surface area contributed by atoms with Crippen molar-refractivity contribution in [3.63, 3.8) is 0 Å². The summed E-state index contributed by atoms with van der Waals surface area (Å²) in [5, 5.41) is 13.7. The first-order valence-electron chi connectivity index (χ1n) is 6.82. The molecule has 0 amide bonds. The van der Waals surface area contributed by atoms with Gasteiger partial charge in [0, 0.05) is 17.3 Å². The molecule has 1 atom stereocenters. The van der Waals surface area contributed by atoms with Gasteiger partial charge in [0.15, 0.2) is 0 Å². The third-order valence-electron chi connectivity index (χ3n) is 3.65. The molecule has 3 heterocycles. The van der Waals surface area contributed by atoms with E-state index in [0.717, 1.165) is 22.1 Å². The third-order valence-corrected chi connectivity index (χ3v) is 4.50. The Kier molecular flexibility index (Phi) is 2.86. The summed E-state index contributed by atoms with van der Waals surface area (Å²) in [4.78, 5) is 4.50. The lowest BCUT2D eigenvalue weighted by molar-refractivity contribution is 0.881. The van der Waals surface area contributed by atoms with Crippen LogP contribution in [0.15, 0.2) is 48.1 Å². The number of hydrogen-bond donors (Lipinski definition) is 2. The van der Waals surface area contributed by atoms with Gasteiger partial charge in [0.25, 0.3) is 0 Å². The molecule has 4 nitrogen and oxygen atoms in total. The molecular weight excluding hydrogens is 280 g/mol. The van der Waals surface area contributed by atoms with Gasteiger partial charge in [-0.05, 0) is 48.2 Å². The fourth-order valence-electron chi connectivity index (χ4n) is 2.46. The zero-order valence-corrected chi connectivity index (χ0v) is 12.3. The second-order valence-electron chi connectivity index (χ2n) is 5.11. The van der Waals surface area contributed by atoms with E-state index in [-0.39, 0.29) is 6.04 Å². The van der Waals surface area contributed by atoms with Gasteiger partial charge in [0.1, 0.15) is 0 Å². The van der Waals surface area contributed by atoms with Gasteiger partial charge in [0.05, 0.1) is 28.0 Å². The first-order chi connectivity index (χ1) is 10.3. The Balaban J connectivity index is 1.62. The van der Waals surface area contributed by atoms with Crippen molar-refractivity contribution >= 4 is 38.1 Å². The summed E-state index contributed by atoms with van der Waals surface area (Å²) < 4.78 is 1.23. The van der Waals surface area contributed by atoms with Crippen molar-refractivity contribution in [3.8, 4) is 0 Å². The van der Waals surface area contributed by atoms with E-state index in [9.17, 15) is 0 Å². The summed E-state index contributed by atoms with van der Waals surface area (Å²) >= 11 is 1.73. The topological polar surface area (TPSA) is 53.6 Å². The van der Waals surface area contributed by atoms with Crippen LogP contribution in [0.2, 0.25) is 0 Å². The highest BCUT2D eigenvalue weighted by molar-refractivity contribution is 7.17. The van der Waals surface area contributed by atoms with Crippen LogP contribution in [0.1, 0.15) is 18.5 Å². The quantitative estimate of drug-likeness (QED) is 0.591. The molecule has 0 saturated heterocycles. The molecule has 0 fully saturated rings. The average Bonchev–Trinajstić information content (AvgIpc) is 3.14. The molecule has 3 aromatic heterocycles. The molecule has 4 rings (SSSR count). The van der Waals surface area contributed by atoms with E-state index in [1.54, 1.807) is 11.3 Å². The minimum Gasteiger partial charge on any atom is -0.378 e. The molecule has 0 radical (unpaired) electrons. The first kappa shape index (κ1) is 12.3. The number of nitrogens with zero attached hydrogens (tertiary/aromatic N) is 2. The van der Waals surface area contributed by atoms with Gasteiger partial charge in [-0.15, -0.1) is 11.3 Å². The zero-order chi connectivity index (χ0) is 14.2. The van der Waals surface area contributed by atoms with Crippen LogP contribution in [0.5, 0.6) is 0 Å². The zero-order valence-electron chi connectivity index (χ0n) is 11.5. The van der Waals surface area contributed by atoms with Gasteiger partial charge in [-0.2, -0.15) is 5.10 Å². The van der Waals surface area contributed by atoms with E-state index >= 15 is 0 Å². The smallest absolute Gasteiger partial charge is 0.0809 e. The largest absolute Gasteiger partial charge is 0.378 e. The second-order valence-corrected chi connectivity index (χ2v) is 6.06. The number of thiophene rings is 1. The molecule has 0 aliphatic carbocycles. The van der Waals surface area contributed by atoms with Gasteiger partial charge in [0.2, 0.25) is 0 Å². The Morgan fingerprint density at radius 1 is 1.19 bits per heavy atom. The fraction of sp³-hybridized carbons (Fsp3) is 0.125. The normalized spacial score (nSPS) is 12.8. The van der Waals surface area contributed by atoms with E-state index in [1.165, 1.54) is 10.3 Å². The number of rotatable bonds is 3. The SMILES string of the molecule is CC(Nc1ccc2[nH]ncc2c1)c1cnc2ccsc2c1. The second kappa shape index (κ2) is 4.86. The maximum atomic E-state index is 4.50. The van der Waals surface area contributed by atoms with Crippen molar-refractivity contribution in [2.75, 3.05) is 5.32 Å². The Morgan fingerprint density at radius 3 is 3.10 bits per heavy atom. The van der Waals surface area contributed by atoms with Crippen LogP contribution in [-0.2, 0) is 0 Å². The molecule has 2 N–H and O–H groups in total. The highest BCUT2D eigenvalue weighted by Gasteiger charge is 2.08. The predicted octanol–water partition coefficient (Wildman–Crippen LogP) is 4.35. The van der Waals surface area contributed by atoms with Gasteiger partial charge >= 0.3 is 0 Å². The predicted molar refractivity (Wildman–Crippen MR) is 87.8 cm³/mol. The van der Waals surface area contributed by atoms with E-state index < -0.39 is 0 Å². The number of pyridine rings is 1. The molecule has 0 aliphatic heterocycles. The lowest BCUT2D eigenvalue weighted by Gasteiger charge is -2.15. The minimum atomic E-state index is 0.202. The minimum absolute atomic E-state index is 0.202. The lowest BCUT2D eigenvalue weighted by Crippen LogP contribution is -2.06. The molecule has 21 heavy (non-hydrogen) atoms. The van der Waals surface area contributed by atoms with Crippen LogP contribution in [0.3, 0.4) is 0 Å². The van der Waals surface area contributed by atoms with Crippen molar-refractivity contribution in [1.82, 2.24) is 15.2 Å². The van der Waals surface area contributed by atoms with Crippen LogP contribution in [-0.4, -0.2) is 15.2 Å². The molecule has 0 spiro atoms. The van der Waals surface area contributed by atoms with E-state index in [4.69, 9.17) is 0 Å². The van der Waals surface area contributed by atoms with Gasteiger partial charge in [-0.1, -0.05) is 0 Å². The van der Waals surface area contributed by atoms with Crippen molar-refractivity contribution in [1.29, 1.82) is 0 Å². The molecule has 0 bridgehead atoms. The molecule has 0 saturated carbocycles. The van der Waals surface area contributed by atoms with E-state index in [1.807, 2.05) is 18.5 Å². The van der Waals surface area contributed by atoms with Crippen molar-refractivity contribution in [3.05, 3.63) is 53.7 Å². The molecule has 5 heteroatoms. The van der Waals surface area contributed by atoms with Gasteiger partial charge in [-0.25, -0.2) is 0 Å². The van der Waals surface area contributed by atoms with Gasteiger partial charge < -0.3 is 5.32 Å². The standard InChI is InChI=1S/C16H14N4S/c1-10(11-7-16-15(17-8-11)4-5-21-16)19-13-2-3-14-12(6-13)9-18-20-14/h2-10,19H,1H3,(H,18,20). The number of aromatic nitrogens is 3. The first-order valence-corrected chi connectivity index (χ1v) is 7.70. The molecule has 1 unspecified atom stereocenters. The maximum absolute atomic E-state index is 4.50. The van der Waals surface area contributed by atoms with Crippen LogP contribution in [0.25, 0.3) is 21.1 Å². The van der Waals surface area contributed by atoms with Crippen LogP contribution < -0.4 is 5.32 Å². The number of benzene rings is 1. The Hall–Kier alpha value is -2.40. The number of nitrogens with one attached hydrogen (secondary N) is 2. The summed E-state index contributed by atoms with van der Waals surface area (Å²) in [6.45, 7) is 2.15. The Labute approximate surface area is 125 Å². The number of aromatic amines is 1. The van der Waals surface area contributed by atoms with Crippen molar-refractivity contribution in [2.45, 2.75) is 13.0 Å². The van der Waals surface area contributed by atoms with E-state index in [2.05, 4.69) is 57.1 Å². The summed E-state index contributed by atoms with van der Waals surface area (Å²) in [7, 11) is 0.